The van der Waals surface area contributed by atoms with Gasteiger partial charge in [0.1, 0.15) is 0 Å². The molecule has 1 atom stereocenters. The second kappa shape index (κ2) is 8.13. The van der Waals surface area contributed by atoms with Gasteiger partial charge in [0, 0.05) is 22.0 Å². The Morgan fingerprint density at radius 2 is 1.74 bits per heavy atom. The molecule has 0 aromatic heterocycles. The van der Waals surface area contributed by atoms with Gasteiger partial charge < -0.3 is 10.4 Å². The summed E-state index contributed by atoms with van der Waals surface area (Å²) in [4.78, 5) is 11.6. The van der Waals surface area contributed by atoms with Gasteiger partial charge in [-0.25, -0.2) is 0 Å². The van der Waals surface area contributed by atoms with Gasteiger partial charge in [-0.05, 0) is 77.0 Å². The van der Waals surface area contributed by atoms with Crippen LogP contribution in [0.2, 0.25) is 5.02 Å². The van der Waals surface area contributed by atoms with Crippen molar-refractivity contribution in [2.45, 2.75) is 90.6 Å². The predicted molar refractivity (Wildman–Crippen MR) is 113 cm³/mol. The molecule has 1 unspecified atom stereocenters. The normalized spacial score (nSPS) is 18.2. The summed E-state index contributed by atoms with van der Waals surface area (Å²) in [7, 11) is 0. The van der Waals surface area contributed by atoms with Crippen molar-refractivity contribution in [2.24, 2.45) is 11.3 Å². The summed E-state index contributed by atoms with van der Waals surface area (Å²) in [6, 6.07) is 8.63. The molecule has 0 spiro atoms. The molecule has 3 nitrogen and oxygen atoms in total. The van der Waals surface area contributed by atoms with Gasteiger partial charge in [-0.2, -0.15) is 0 Å². The highest BCUT2D eigenvalue weighted by molar-refractivity contribution is 6.30. The minimum atomic E-state index is -0.758. The molecule has 1 aliphatic rings. The number of carboxylic acid groups (broad SMARTS) is 1. The van der Waals surface area contributed by atoms with E-state index in [9.17, 15) is 9.90 Å². The molecule has 4 heteroatoms. The molecule has 1 aliphatic carbocycles. The van der Waals surface area contributed by atoms with E-state index in [4.69, 9.17) is 11.6 Å². The first kappa shape index (κ1) is 22.2. The number of benzene rings is 1. The zero-order valence-electron chi connectivity index (χ0n) is 17.7. The van der Waals surface area contributed by atoms with Crippen molar-refractivity contribution in [1.29, 1.82) is 0 Å². The van der Waals surface area contributed by atoms with Gasteiger partial charge in [0.05, 0.1) is 5.41 Å². The molecule has 2 N–H and O–H groups in total. The minimum absolute atomic E-state index is 0.111. The number of nitrogens with one attached hydrogen (secondary N) is 1. The maximum absolute atomic E-state index is 11.6. The van der Waals surface area contributed by atoms with Crippen molar-refractivity contribution in [1.82, 2.24) is 5.32 Å². The number of hydrogen-bond donors (Lipinski definition) is 2. The van der Waals surface area contributed by atoms with E-state index in [1.54, 1.807) is 0 Å². The molecule has 2 rings (SSSR count). The average Bonchev–Trinajstić information content (AvgIpc) is 2.45. The molecule has 0 heterocycles. The Morgan fingerprint density at radius 3 is 2.15 bits per heavy atom. The second-order valence-electron chi connectivity index (χ2n) is 10.1. The Balaban J connectivity index is 2.31. The van der Waals surface area contributed by atoms with Crippen molar-refractivity contribution in [3.8, 4) is 0 Å². The van der Waals surface area contributed by atoms with Crippen molar-refractivity contribution in [2.75, 3.05) is 0 Å². The van der Waals surface area contributed by atoms with E-state index < -0.39 is 11.4 Å². The molecular weight excluding hydrogens is 358 g/mol. The molecule has 1 saturated carbocycles. The molecule has 152 valence electrons. The number of rotatable bonds is 9. The maximum atomic E-state index is 11.6. The van der Waals surface area contributed by atoms with Crippen molar-refractivity contribution in [3.63, 3.8) is 0 Å². The highest BCUT2D eigenvalue weighted by Crippen LogP contribution is 2.49. The van der Waals surface area contributed by atoms with Crippen LogP contribution in [-0.2, 0) is 10.2 Å². The third-order valence-corrected chi connectivity index (χ3v) is 6.32. The molecule has 0 bridgehead atoms. The Bertz CT molecular complexity index is 645. The molecule has 27 heavy (non-hydrogen) atoms. The fourth-order valence-corrected chi connectivity index (χ4v) is 4.90. The Morgan fingerprint density at radius 1 is 1.19 bits per heavy atom. The number of carboxylic acids is 1. The first-order chi connectivity index (χ1) is 12.4. The largest absolute Gasteiger partial charge is 0.481 e. The van der Waals surface area contributed by atoms with E-state index >= 15 is 0 Å². The van der Waals surface area contributed by atoms with Crippen LogP contribution in [0.5, 0.6) is 0 Å². The minimum Gasteiger partial charge on any atom is -0.481 e. The van der Waals surface area contributed by atoms with Gasteiger partial charge in [-0.3, -0.25) is 4.79 Å². The Hall–Kier alpha value is -1.06. The molecule has 1 aromatic rings. The Labute approximate surface area is 169 Å². The highest BCUT2D eigenvalue weighted by Gasteiger charge is 2.47. The lowest BCUT2D eigenvalue weighted by atomic mass is 9.58. The maximum Gasteiger partial charge on any atom is 0.309 e. The van der Waals surface area contributed by atoms with E-state index in [1.807, 2.05) is 26.0 Å². The van der Waals surface area contributed by atoms with E-state index in [2.05, 4.69) is 45.1 Å². The Kier molecular flexibility index (Phi) is 6.69. The quantitative estimate of drug-likeness (QED) is 0.537. The monoisotopic (exact) mass is 393 g/mol. The van der Waals surface area contributed by atoms with E-state index in [0.717, 1.165) is 24.3 Å². The predicted octanol–water partition coefficient (Wildman–Crippen LogP) is 6.05. The van der Waals surface area contributed by atoms with Gasteiger partial charge >= 0.3 is 5.97 Å². The third-order valence-electron chi connectivity index (χ3n) is 6.07. The zero-order valence-corrected chi connectivity index (χ0v) is 18.5. The lowest BCUT2D eigenvalue weighted by molar-refractivity contribution is -0.148. The lowest BCUT2D eigenvalue weighted by Gasteiger charge is -2.52. The van der Waals surface area contributed by atoms with Crippen LogP contribution < -0.4 is 5.32 Å². The van der Waals surface area contributed by atoms with Crippen LogP contribution in [0, 0.1) is 11.3 Å². The summed E-state index contributed by atoms with van der Waals surface area (Å²) >= 11 is 6.12. The summed E-state index contributed by atoms with van der Waals surface area (Å²) in [6.07, 6.45) is 5.22. The summed E-state index contributed by atoms with van der Waals surface area (Å²) in [5, 5.41) is 14.2. The van der Waals surface area contributed by atoms with Crippen LogP contribution in [0.15, 0.2) is 24.3 Å². The first-order valence-electron chi connectivity index (χ1n) is 10.2. The zero-order chi connectivity index (χ0) is 20.5. The lowest BCUT2D eigenvalue weighted by Crippen LogP contribution is -2.59. The first-order valence-corrected chi connectivity index (χ1v) is 10.5. The van der Waals surface area contributed by atoms with Gasteiger partial charge in [0.15, 0.2) is 0 Å². The number of halogens is 1. The summed E-state index contributed by atoms with van der Waals surface area (Å²) in [5.74, 6) is -0.176. The smallest absolute Gasteiger partial charge is 0.309 e. The van der Waals surface area contributed by atoms with Crippen molar-refractivity contribution < 1.29 is 9.90 Å². The molecule has 0 aliphatic heterocycles. The third kappa shape index (κ3) is 5.26. The highest BCUT2D eigenvalue weighted by atomic mass is 35.5. The molecule has 0 amide bonds. The topological polar surface area (TPSA) is 49.3 Å². The molecule has 0 radical (unpaired) electrons. The summed E-state index contributed by atoms with van der Waals surface area (Å²) in [6.45, 7) is 12.4. The van der Waals surface area contributed by atoms with Crippen LogP contribution in [-0.4, -0.2) is 22.7 Å². The van der Waals surface area contributed by atoms with Crippen LogP contribution in [0.25, 0.3) is 0 Å². The van der Waals surface area contributed by atoms with Crippen molar-refractivity contribution >= 4 is 17.6 Å². The second-order valence-corrected chi connectivity index (χ2v) is 10.5. The number of aliphatic carboxylic acids is 1. The summed E-state index contributed by atoms with van der Waals surface area (Å²) in [5.41, 5.74) is 0.437. The average molecular weight is 394 g/mol. The molecular formula is C23H36ClNO2. The van der Waals surface area contributed by atoms with Crippen molar-refractivity contribution in [3.05, 3.63) is 34.9 Å². The van der Waals surface area contributed by atoms with Crippen LogP contribution in [0.3, 0.4) is 0 Å². The van der Waals surface area contributed by atoms with Gasteiger partial charge in [-0.1, -0.05) is 44.0 Å². The molecule has 1 fully saturated rings. The van der Waals surface area contributed by atoms with Crippen LogP contribution in [0.1, 0.15) is 79.2 Å². The molecule has 1 aromatic carbocycles. The number of hydrogen-bond acceptors (Lipinski definition) is 2. The van der Waals surface area contributed by atoms with Gasteiger partial charge in [0.2, 0.25) is 0 Å². The van der Waals surface area contributed by atoms with E-state index in [1.165, 1.54) is 12.0 Å². The standard InChI is InChI=1S/C23H36ClNO2/c1-16(2)14-19(25-22(5,6)15-21(3,4)20(26)27)23(12-7-13-23)17-8-10-18(24)11-9-17/h8-11,16,19,25H,7,12-15H2,1-6H3,(H,26,27). The SMILES string of the molecule is CC(C)CC(NC(C)(C)CC(C)(C)C(=O)O)C1(c2ccc(Cl)cc2)CCC1. The van der Waals surface area contributed by atoms with Crippen LogP contribution in [0.4, 0.5) is 0 Å². The van der Waals surface area contributed by atoms with Crippen LogP contribution >= 0.6 is 11.6 Å². The molecule has 0 saturated heterocycles. The number of carbonyl (C=O) groups is 1. The van der Waals surface area contributed by atoms with E-state index in [-0.39, 0.29) is 11.0 Å². The van der Waals surface area contributed by atoms with Gasteiger partial charge in [-0.15, -0.1) is 0 Å². The van der Waals surface area contributed by atoms with E-state index in [0.29, 0.717) is 18.4 Å². The van der Waals surface area contributed by atoms with Gasteiger partial charge in [0.25, 0.3) is 0 Å². The fraction of sp³-hybridized carbons (Fsp3) is 0.696. The summed E-state index contributed by atoms with van der Waals surface area (Å²) < 4.78 is 0. The fourth-order valence-electron chi connectivity index (χ4n) is 4.78.